The van der Waals surface area contributed by atoms with Crippen molar-refractivity contribution in [1.82, 2.24) is 0 Å². The molecule has 5 heteroatoms. The summed E-state index contributed by atoms with van der Waals surface area (Å²) in [4.78, 5) is 17.9. The van der Waals surface area contributed by atoms with Crippen LogP contribution in [0, 0.1) is 10.1 Å². The Morgan fingerprint density at radius 1 is 1.42 bits per heavy atom. The van der Waals surface area contributed by atoms with Crippen molar-refractivity contribution < 1.29 is 4.92 Å². The quantitative estimate of drug-likeness (QED) is 0.425. The molecule has 0 saturated carbocycles. The number of rotatable bonds is 1. The van der Waals surface area contributed by atoms with Crippen LogP contribution in [0.5, 0.6) is 0 Å². The highest BCUT2D eigenvalue weighted by atomic mass is 16.6. The average Bonchev–Trinajstić information content (AvgIpc) is 2.49. The van der Waals surface area contributed by atoms with E-state index in [2.05, 4.69) is 9.98 Å². The second-order valence-electron chi connectivity index (χ2n) is 2.36. The summed E-state index contributed by atoms with van der Waals surface area (Å²) >= 11 is 0. The molecule has 0 aliphatic carbocycles. The summed E-state index contributed by atoms with van der Waals surface area (Å²) in [6.07, 6.45) is 0. The summed E-state index contributed by atoms with van der Waals surface area (Å²) in [7, 11) is 0. The molecule has 1 heterocycles. The summed E-state index contributed by atoms with van der Waals surface area (Å²) in [5, 5.41) is 11.5. The molecule has 1 aromatic carbocycles. The Labute approximate surface area is 67.2 Å². The first-order chi connectivity index (χ1) is 5.79. The van der Waals surface area contributed by atoms with E-state index < -0.39 is 4.92 Å². The molecule has 0 amide bonds. The third-order valence-electron chi connectivity index (χ3n) is 1.66. The first kappa shape index (κ1) is 6.90. The Morgan fingerprint density at radius 2 is 2.25 bits per heavy atom. The Hall–Kier alpha value is -1.78. The Balaban J connectivity index is 2.84. The van der Waals surface area contributed by atoms with E-state index in [0.29, 0.717) is 17.4 Å². The van der Waals surface area contributed by atoms with Gasteiger partial charge in [0.15, 0.2) is 5.36 Å². The van der Waals surface area contributed by atoms with Crippen molar-refractivity contribution in [2.75, 3.05) is 6.67 Å². The van der Waals surface area contributed by atoms with Crippen molar-refractivity contribution in [3.63, 3.8) is 0 Å². The lowest BCUT2D eigenvalue weighted by molar-refractivity contribution is -0.386. The number of nitro benzene ring substituents is 1. The smallest absolute Gasteiger partial charge is 0.259 e. The van der Waals surface area contributed by atoms with Gasteiger partial charge in [-0.3, -0.25) is 20.1 Å². The van der Waals surface area contributed by atoms with Gasteiger partial charge in [-0.05, 0) is 6.07 Å². The van der Waals surface area contributed by atoms with E-state index in [1.807, 2.05) is 0 Å². The van der Waals surface area contributed by atoms with Crippen molar-refractivity contribution in [1.29, 1.82) is 0 Å². The maximum atomic E-state index is 10.5. The van der Waals surface area contributed by atoms with Gasteiger partial charge >= 0.3 is 0 Å². The molecule has 2 rings (SSSR count). The number of hydrogen-bond acceptors (Lipinski definition) is 4. The zero-order chi connectivity index (χ0) is 8.55. The van der Waals surface area contributed by atoms with E-state index in [4.69, 9.17) is 0 Å². The minimum atomic E-state index is -0.441. The van der Waals surface area contributed by atoms with Crippen LogP contribution < -0.4 is 10.7 Å². The number of hydrogen-bond donors (Lipinski definition) is 0. The zero-order valence-corrected chi connectivity index (χ0v) is 6.10. The first-order valence-corrected chi connectivity index (χ1v) is 3.41. The lowest BCUT2D eigenvalue weighted by Crippen LogP contribution is -2.24. The largest absolute Gasteiger partial charge is 0.296 e. The molecule has 5 nitrogen and oxygen atoms in total. The van der Waals surface area contributed by atoms with Gasteiger partial charge in [0.25, 0.3) is 5.69 Å². The summed E-state index contributed by atoms with van der Waals surface area (Å²) in [6.45, 7) is 0.306. The van der Waals surface area contributed by atoms with Crippen molar-refractivity contribution in [3.8, 4) is 0 Å². The summed E-state index contributed by atoms with van der Waals surface area (Å²) in [5.74, 6) is 0. The molecule has 0 bridgehead atoms. The molecule has 1 aromatic rings. The fraction of sp³-hybridized carbons (Fsp3) is 0.143. The second kappa shape index (κ2) is 2.37. The van der Waals surface area contributed by atoms with Crippen LogP contribution in [-0.2, 0) is 0 Å². The summed E-state index contributed by atoms with van der Waals surface area (Å²) in [6, 6.07) is 4.77. The third kappa shape index (κ3) is 0.868. The van der Waals surface area contributed by atoms with E-state index in [9.17, 15) is 10.1 Å². The molecule has 0 aromatic heterocycles. The van der Waals surface area contributed by atoms with Gasteiger partial charge in [0.05, 0.1) is 10.3 Å². The van der Waals surface area contributed by atoms with E-state index in [1.54, 1.807) is 12.1 Å². The third-order valence-corrected chi connectivity index (χ3v) is 1.66. The van der Waals surface area contributed by atoms with Crippen LogP contribution in [0.4, 0.5) is 5.69 Å². The van der Waals surface area contributed by atoms with Crippen LogP contribution in [0.25, 0.3) is 0 Å². The van der Waals surface area contributed by atoms with Crippen LogP contribution >= 0.6 is 0 Å². The molecule has 0 fully saturated rings. The lowest BCUT2D eigenvalue weighted by atomic mass is 10.3. The van der Waals surface area contributed by atoms with E-state index in [0.717, 1.165) is 0 Å². The second-order valence-corrected chi connectivity index (χ2v) is 2.36. The fourth-order valence-electron chi connectivity index (χ4n) is 1.14. The van der Waals surface area contributed by atoms with Gasteiger partial charge in [-0.1, -0.05) is 6.07 Å². The number of benzene rings is 1. The summed E-state index contributed by atoms with van der Waals surface area (Å²) in [5.41, 5.74) is 0.0359. The average molecular weight is 163 g/mol. The molecule has 1 aliphatic heterocycles. The SMILES string of the molecule is O=[N+]([O-])c1cccc2c1=NCN=2. The molecule has 0 saturated heterocycles. The zero-order valence-electron chi connectivity index (χ0n) is 6.10. The van der Waals surface area contributed by atoms with E-state index >= 15 is 0 Å². The van der Waals surface area contributed by atoms with Gasteiger partial charge in [-0.2, -0.15) is 0 Å². The Morgan fingerprint density at radius 3 is 3.00 bits per heavy atom. The van der Waals surface area contributed by atoms with Gasteiger partial charge in [-0.15, -0.1) is 0 Å². The molecule has 0 spiro atoms. The molecule has 1 aliphatic rings. The maximum Gasteiger partial charge on any atom is 0.296 e. The van der Waals surface area contributed by atoms with Crippen LogP contribution in [0.15, 0.2) is 28.2 Å². The molecule has 60 valence electrons. The minimum absolute atomic E-state index is 0.0359. The van der Waals surface area contributed by atoms with E-state index in [-0.39, 0.29) is 5.69 Å². The van der Waals surface area contributed by atoms with Gasteiger partial charge in [0.2, 0.25) is 0 Å². The summed E-state index contributed by atoms with van der Waals surface area (Å²) < 4.78 is 0. The molecule has 0 atom stereocenters. The topological polar surface area (TPSA) is 67.9 Å². The highest BCUT2D eigenvalue weighted by Gasteiger charge is 2.11. The molecule has 0 unspecified atom stereocenters. The molecule has 12 heavy (non-hydrogen) atoms. The van der Waals surface area contributed by atoms with Gasteiger partial charge in [0.1, 0.15) is 6.67 Å². The fourth-order valence-corrected chi connectivity index (χ4v) is 1.14. The predicted molar refractivity (Wildman–Crippen MR) is 40.3 cm³/mol. The lowest BCUT2D eigenvalue weighted by Gasteiger charge is -1.87. The Kier molecular flexibility index (Phi) is 1.36. The van der Waals surface area contributed by atoms with Crippen molar-refractivity contribution in [3.05, 3.63) is 39.0 Å². The van der Waals surface area contributed by atoms with Crippen LogP contribution in [0.2, 0.25) is 0 Å². The number of nitro groups is 1. The van der Waals surface area contributed by atoms with Crippen LogP contribution in [0.3, 0.4) is 0 Å². The number of para-hydroxylation sites is 1. The molecular weight excluding hydrogens is 158 g/mol. The number of non-ortho nitro benzene ring substituents is 1. The maximum absolute atomic E-state index is 10.5. The number of nitrogens with zero attached hydrogens (tertiary/aromatic N) is 3. The van der Waals surface area contributed by atoms with Gasteiger partial charge in [-0.25, -0.2) is 0 Å². The highest BCUT2D eigenvalue weighted by Crippen LogP contribution is 2.00. The standard InChI is InChI=1S/C7H5N3O2/c11-10(12)6-3-1-2-5-7(6)9-4-8-5/h1-3H,4H2. The highest BCUT2D eigenvalue weighted by molar-refractivity contribution is 5.28. The monoisotopic (exact) mass is 163 g/mol. The van der Waals surface area contributed by atoms with E-state index in [1.165, 1.54) is 6.07 Å². The normalized spacial score (nSPS) is 13.0. The van der Waals surface area contributed by atoms with Crippen LogP contribution in [0.1, 0.15) is 0 Å². The minimum Gasteiger partial charge on any atom is -0.259 e. The van der Waals surface area contributed by atoms with Crippen molar-refractivity contribution >= 4 is 5.69 Å². The van der Waals surface area contributed by atoms with Crippen LogP contribution in [-0.4, -0.2) is 11.6 Å². The van der Waals surface area contributed by atoms with Gasteiger partial charge < -0.3 is 0 Å². The molecule has 0 N–H and O–H groups in total. The van der Waals surface area contributed by atoms with Crippen molar-refractivity contribution in [2.24, 2.45) is 9.98 Å². The van der Waals surface area contributed by atoms with Gasteiger partial charge in [0, 0.05) is 6.07 Å². The molecule has 0 radical (unpaired) electrons. The first-order valence-electron chi connectivity index (χ1n) is 3.41. The Bertz CT molecular complexity index is 452. The molecular formula is C7H5N3O2. The number of fused-ring (bicyclic) bond motifs is 1. The van der Waals surface area contributed by atoms with Crippen molar-refractivity contribution in [2.45, 2.75) is 0 Å². The predicted octanol–water partition coefficient (Wildman–Crippen LogP) is -0.195.